The van der Waals surface area contributed by atoms with Crippen molar-refractivity contribution in [1.82, 2.24) is 14.8 Å². The van der Waals surface area contributed by atoms with Crippen molar-refractivity contribution in [2.24, 2.45) is 34.5 Å². The summed E-state index contributed by atoms with van der Waals surface area (Å²) in [7, 11) is 9.04. The lowest BCUT2D eigenvalue weighted by atomic mass is 9.53. The number of aromatic nitrogens is 1. The van der Waals surface area contributed by atoms with Crippen LogP contribution in [0.15, 0.2) is 102 Å². The molecular weight excluding hydrogens is 807 g/mol. The number of hydrogen-bond donors (Lipinski definition) is 0. The second-order valence-electron chi connectivity index (χ2n) is 25.0. The van der Waals surface area contributed by atoms with E-state index in [0.717, 1.165) is 17.8 Å². The molecule has 5 nitrogen and oxygen atoms in total. The SMILES string of the molecule is CN(C)[C@@H]1CCC2=CC3=CC[C@]4(C)[C@@H](c5ccc6ccncc6c5)CC[C@H]4[C@@]34CC[C@]2(C1)O4.CN(C)[C@@H]1CCC2CC3CC[C@]4(C)[C@@H](c5ccc6ccccc6c5)CC[C@H]4[C@@]34CC[C@]2(C1)O4. The zero-order valence-corrected chi connectivity index (χ0v) is 41.2. The molecule has 0 N–H and O–H groups in total. The third kappa shape index (κ3) is 6.06. The summed E-state index contributed by atoms with van der Waals surface area (Å²) in [6.07, 6.45) is 32.5. The summed E-state index contributed by atoms with van der Waals surface area (Å²) in [5.74, 6) is 4.24. The highest BCUT2D eigenvalue weighted by atomic mass is 16.5. The number of rotatable bonds is 4. The molecule has 66 heavy (non-hydrogen) atoms. The van der Waals surface area contributed by atoms with Gasteiger partial charge >= 0.3 is 0 Å². The lowest BCUT2D eigenvalue weighted by molar-refractivity contribution is -0.260. The van der Waals surface area contributed by atoms with Crippen molar-refractivity contribution in [3.8, 4) is 0 Å². The van der Waals surface area contributed by atoms with E-state index < -0.39 is 0 Å². The molecule has 3 aromatic carbocycles. The molecule has 348 valence electrons. The van der Waals surface area contributed by atoms with Gasteiger partial charge in [0.1, 0.15) is 0 Å². The molecule has 5 heterocycles. The molecule has 4 aromatic rings. The normalized spacial score (nSPS) is 43.8. The van der Waals surface area contributed by atoms with E-state index in [1.807, 2.05) is 12.4 Å². The maximum atomic E-state index is 7.57. The summed E-state index contributed by atoms with van der Waals surface area (Å²) >= 11 is 0. The van der Waals surface area contributed by atoms with Crippen LogP contribution >= 0.6 is 0 Å². The zero-order chi connectivity index (χ0) is 44.8. The van der Waals surface area contributed by atoms with Crippen molar-refractivity contribution < 1.29 is 9.47 Å². The van der Waals surface area contributed by atoms with Gasteiger partial charge in [-0.1, -0.05) is 80.6 Å². The molecule has 6 aliphatic carbocycles. The van der Waals surface area contributed by atoms with Gasteiger partial charge < -0.3 is 19.3 Å². The van der Waals surface area contributed by atoms with Crippen LogP contribution < -0.4 is 0 Å². The van der Waals surface area contributed by atoms with Crippen LogP contribution in [0, 0.1) is 34.5 Å². The van der Waals surface area contributed by atoms with E-state index in [1.165, 1.54) is 148 Å². The predicted molar refractivity (Wildman–Crippen MR) is 269 cm³/mol. The van der Waals surface area contributed by atoms with Gasteiger partial charge in [0, 0.05) is 29.9 Å². The van der Waals surface area contributed by atoms with Crippen LogP contribution in [0.1, 0.15) is 152 Å². The Labute approximate surface area is 396 Å². The van der Waals surface area contributed by atoms with Crippen LogP contribution in [0.5, 0.6) is 0 Å². The lowest BCUT2D eigenvalue weighted by Crippen LogP contribution is -2.62. The van der Waals surface area contributed by atoms with E-state index in [4.69, 9.17) is 9.47 Å². The van der Waals surface area contributed by atoms with Gasteiger partial charge in [-0.25, -0.2) is 0 Å². The van der Waals surface area contributed by atoms with Crippen LogP contribution in [0.25, 0.3) is 21.5 Å². The first-order valence-electron chi connectivity index (χ1n) is 26.8. The first kappa shape index (κ1) is 42.7. The van der Waals surface area contributed by atoms with Gasteiger partial charge in [-0.2, -0.15) is 0 Å². The number of hydrogen-bond acceptors (Lipinski definition) is 5. The van der Waals surface area contributed by atoms with Gasteiger partial charge in [-0.15, -0.1) is 0 Å². The fourth-order valence-corrected chi connectivity index (χ4v) is 18.7. The number of benzene rings is 3. The molecule has 4 aliphatic heterocycles. The molecule has 0 radical (unpaired) electrons. The molecule has 14 rings (SSSR count). The smallest absolute Gasteiger partial charge is 0.0974 e. The molecule has 2 unspecified atom stereocenters. The van der Waals surface area contributed by atoms with Crippen molar-refractivity contribution >= 4 is 21.5 Å². The van der Waals surface area contributed by atoms with E-state index in [9.17, 15) is 0 Å². The van der Waals surface area contributed by atoms with Crippen molar-refractivity contribution in [2.75, 3.05) is 28.2 Å². The summed E-state index contributed by atoms with van der Waals surface area (Å²) in [5, 5.41) is 5.33. The molecular formula is C61H77N3O2. The molecule has 14 atom stereocenters. The van der Waals surface area contributed by atoms with Gasteiger partial charge in [-0.05, 0) is 241 Å². The number of pyridine rings is 1. The third-order valence-electron chi connectivity index (χ3n) is 22.1. The Kier molecular flexibility index (Phi) is 9.76. The molecule has 8 fully saturated rings. The largest absolute Gasteiger partial charge is 0.368 e. The molecule has 4 bridgehead atoms. The number of ether oxygens (including phenoxy) is 2. The van der Waals surface area contributed by atoms with Gasteiger partial charge in [0.2, 0.25) is 0 Å². The minimum atomic E-state index is -0.0577. The predicted octanol–water partition coefficient (Wildman–Crippen LogP) is 13.6. The van der Waals surface area contributed by atoms with Crippen LogP contribution in [-0.4, -0.2) is 77.5 Å². The summed E-state index contributed by atoms with van der Waals surface area (Å²) in [6.45, 7) is 5.22. The van der Waals surface area contributed by atoms with Gasteiger partial charge in [0.15, 0.2) is 0 Å². The molecule has 4 spiro atoms. The van der Waals surface area contributed by atoms with Gasteiger partial charge in [-0.3, -0.25) is 4.98 Å². The topological polar surface area (TPSA) is 37.8 Å². The Balaban J connectivity index is 0.000000132. The van der Waals surface area contributed by atoms with E-state index >= 15 is 0 Å². The van der Waals surface area contributed by atoms with Crippen molar-refractivity contribution in [3.05, 3.63) is 114 Å². The molecule has 3 saturated heterocycles. The van der Waals surface area contributed by atoms with Crippen molar-refractivity contribution in [2.45, 2.75) is 176 Å². The standard InChI is InChI=1S/C31H41NO.C30H36N2O/c1-29-15-14-25-19-24-10-11-26(32(2)3)20-30(24)16-17-31(25,33-30)28(29)13-12-27(29)23-9-8-21-6-4-5-7-22(21)18-23;1-28-12-10-24-17-23-6-7-25(32(2)3)18-29(23)13-14-30(24,33-29)27(28)9-8-26(28)21-5-4-20-11-15-31-19-22(20)16-21/h4-9,18,24-28H,10-17,19-20H2,1-3H3;4-5,10-11,15-17,19,25-27H,6-9,12-14,18H2,1-3H3/t24?,25?,26-,27-,28-,29-,30-,31-;25-,26-,27-,28-,29-,30-/m11/s1. The Morgan fingerprint density at radius 3 is 2.14 bits per heavy atom. The molecule has 0 amide bonds. The van der Waals surface area contributed by atoms with Gasteiger partial charge in [0.25, 0.3) is 0 Å². The summed E-state index contributed by atoms with van der Waals surface area (Å²) in [5.41, 5.74) is 7.14. The fraction of sp³-hybridized carbons (Fsp3) is 0.623. The molecule has 5 heteroatoms. The second kappa shape index (κ2) is 15.1. The lowest BCUT2D eigenvalue weighted by Gasteiger charge is -2.61. The van der Waals surface area contributed by atoms with E-state index in [2.05, 4.69) is 136 Å². The highest BCUT2D eigenvalue weighted by molar-refractivity contribution is 5.83. The monoisotopic (exact) mass is 884 g/mol. The number of fused-ring (bicyclic) bond motifs is 4. The molecule has 5 saturated carbocycles. The first-order chi connectivity index (χ1) is 31.9. The highest BCUT2D eigenvalue weighted by Crippen LogP contribution is 2.73. The van der Waals surface area contributed by atoms with E-state index in [1.54, 1.807) is 11.1 Å². The van der Waals surface area contributed by atoms with Gasteiger partial charge in [0.05, 0.1) is 22.4 Å². The number of allylic oxidation sites excluding steroid dienone is 1. The average Bonchev–Trinajstić information content (AvgIpc) is 4.06. The minimum Gasteiger partial charge on any atom is -0.368 e. The quantitative estimate of drug-likeness (QED) is 0.204. The Morgan fingerprint density at radius 2 is 1.33 bits per heavy atom. The minimum absolute atomic E-state index is 0.00448. The summed E-state index contributed by atoms with van der Waals surface area (Å²) in [4.78, 5) is 9.28. The van der Waals surface area contributed by atoms with Crippen molar-refractivity contribution in [1.29, 1.82) is 0 Å². The molecule has 10 aliphatic rings. The van der Waals surface area contributed by atoms with Crippen LogP contribution in [0.2, 0.25) is 0 Å². The Morgan fingerprint density at radius 1 is 0.606 bits per heavy atom. The van der Waals surface area contributed by atoms with Crippen LogP contribution in [0.4, 0.5) is 0 Å². The zero-order valence-electron chi connectivity index (χ0n) is 41.2. The van der Waals surface area contributed by atoms with Crippen LogP contribution in [0.3, 0.4) is 0 Å². The summed E-state index contributed by atoms with van der Waals surface area (Å²) in [6, 6.07) is 26.8. The van der Waals surface area contributed by atoms with Crippen LogP contribution in [-0.2, 0) is 9.47 Å². The highest BCUT2D eigenvalue weighted by Gasteiger charge is 2.71. The maximum absolute atomic E-state index is 7.57. The Hall–Kier alpha value is -3.35. The Bertz CT molecular complexity index is 2630. The molecule has 1 aromatic heterocycles. The average molecular weight is 884 g/mol. The van der Waals surface area contributed by atoms with E-state index in [0.29, 0.717) is 35.3 Å². The van der Waals surface area contributed by atoms with E-state index in [-0.39, 0.29) is 27.8 Å². The summed E-state index contributed by atoms with van der Waals surface area (Å²) < 4.78 is 15.0. The fourth-order valence-electron chi connectivity index (χ4n) is 18.7. The first-order valence-corrected chi connectivity index (χ1v) is 26.8. The maximum Gasteiger partial charge on any atom is 0.0974 e. The number of nitrogens with zero attached hydrogens (tertiary/aromatic N) is 3. The second-order valence-corrected chi connectivity index (χ2v) is 25.0. The third-order valence-corrected chi connectivity index (χ3v) is 22.1. The van der Waals surface area contributed by atoms with Crippen molar-refractivity contribution in [3.63, 3.8) is 0 Å².